The van der Waals surface area contributed by atoms with Crippen molar-refractivity contribution in [2.45, 2.75) is 10.6 Å². The number of methoxy groups -OCH3 is 2. The second kappa shape index (κ2) is 10.3. The van der Waals surface area contributed by atoms with E-state index in [9.17, 15) is 4.79 Å². The summed E-state index contributed by atoms with van der Waals surface area (Å²) in [4.78, 5) is 13.5. The monoisotopic (exact) mass is 406 g/mol. The van der Waals surface area contributed by atoms with Crippen LogP contribution in [-0.4, -0.2) is 26.3 Å². The van der Waals surface area contributed by atoms with Gasteiger partial charge in [-0.15, -0.1) is 11.8 Å². The molecule has 0 saturated carbocycles. The summed E-state index contributed by atoms with van der Waals surface area (Å²) in [5.74, 6) is 1.74. The Morgan fingerprint density at radius 2 is 1.72 bits per heavy atom. The maximum absolute atomic E-state index is 12.3. The standard InChI is InChI=1S/C23H22N2O3S/c1-27-21-10-6-7-19(22(21)28-2)15-24-25-23(26)18-13-11-17(12-14-18)16-29-20-8-4-3-5-9-20/h3-15H,16H2,1-2H3,(H,25,26)/b24-15-. The quantitative estimate of drug-likeness (QED) is 0.333. The molecular weight excluding hydrogens is 384 g/mol. The molecule has 5 nitrogen and oxygen atoms in total. The topological polar surface area (TPSA) is 59.9 Å². The molecule has 29 heavy (non-hydrogen) atoms. The minimum atomic E-state index is -0.273. The van der Waals surface area contributed by atoms with Crippen LogP contribution in [0.25, 0.3) is 0 Å². The smallest absolute Gasteiger partial charge is 0.271 e. The molecule has 0 aliphatic carbocycles. The van der Waals surface area contributed by atoms with Gasteiger partial charge in [-0.1, -0.05) is 36.4 Å². The maximum Gasteiger partial charge on any atom is 0.271 e. The van der Waals surface area contributed by atoms with E-state index in [0.29, 0.717) is 22.6 Å². The Morgan fingerprint density at radius 3 is 2.41 bits per heavy atom. The number of carbonyl (C=O) groups excluding carboxylic acids is 1. The Balaban J connectivity index is 1.58. The number of nitrogens with zero attached hydrogens (tertiary/aromatic N) is 1. The molecule has 0 atom stereocenters. The van der Waals surface area contributed by atoms with E-state index in [1.54, 1.807) is 44.2 Å². The predicted molar refractivity (Wildman–Crippen MR) is 117 cm³/mol. The van der Waals surface area contributed by atoms with Crippen molar-refractivity contribution in [1.82, 2.24) is 5.43 Å². The maximum atomic E-state index is 12.3. The van der Waals surface area contributed by atoms with Gasteiger partial charge in [0.1, 0.15) is 0 Å². The zero-order valence-corrected chi connectivity index (χ0v) is 17.1. The van der Waals surface area contributed by atoms with Gasteiger partial charge in [-0.2, -0.15) is 5.10 Å². The molecule has 0 saturated heterocycles. The van der Waals surface area contributed by atoms with Gasteiger partial charge < -0.3 is 9.47 Å². The number of benzene rings is 3. The Morgan fingerprint density at radius 1 is 0.966 bits per heavy atom. The van der Waals surface area contributed by atoms with Gasteiger partial charge in [0.05, 0.1) is 20.4 Å². The fourth-order valence-corrected chi connectivity index (χ4v) is 3.55. The van der Waals surface area contributed by atoms with E-state index >= 15 is 0 Å². The van der Waals surface area contributed by atoms with E-state index in [1.807, 2.05) is 42.5 Å². The van der Waals surface area contributed by atoms with Crippen LogP contribution in [0.15, 0.2) is 82.8 Å². The number of carbonyl (C=O) groups is 1. The lowest BCUT2D eigenvalue weighted by Gasteiger charge is -2.09. The van der Waals surface area contributed by atoms with E-state index < -0.39 is 0 Å². The molecule has 1 amide bonds. The van der Waals surface area contributed by atoms with Crippen molar-refractivity contribution in [1.29, 1.82) is 0 Å². The van der Waals surface area contributed by atoms with Crippen LogP contribution < -0.4 is 14.9 Å². The van der Waals surface area contributed by atoms with Crippen LogP contribution in [0.5, 0.6) is 11.5 Å². The molecule has 3 rings (SSSR count). The van der Waals surface area contributed by atoms with Crippen molar-refractivity contribution in [3.8, 4) is 11.5 Å². The first kappa shape index (κ1) is 20.5. The molecule has 0 radical (unpaired) electrons. The van der Waals surface area contributed by atoms with E-state index in [1.165, 1.54) is 11.1 Å². The van der Waals surface area contributed by atoms with Crippen molar-refractivity contribution in [3.05, 3.63) is 89.5 Å². The number of amides is 1. The lowest BCUT2D eigenvalue weighted by molar-refractivity contribution is 0.0955. The molecule has 6 heteroatoms. The molecule has 0 heterocycles. The average molecular weight is 407 g/mol. The van der Waals surface area contributed by atoms with Crippen molar-refractivity contribution in [2.75, 3.05) is 14.2 Å². The Hall–Kier alpha value is -3.25. The van der Waals surface area contributed by atoms with Crippen LogP contribution in [0.4, 0.5) is 0 Å². The van der Waals surface area contributed by atoms with Gasteiger partial charge in [0, 0.05) is 21.8 Å². The second-order valence-corrected chi connectivity index (χ2v) is 7.13. The average Bonchev–Trinajstić information content (AvgIpc) is 2.78. The van der Waals surface area contributed by atoms with Crippen LogP contribution in [0.3, 0.4) is 0 Å². The first-order valence-corrected chi connectivity index (χ1v) is 10.0. The molecule has 0 fully saturated rings. The summed E-state index contributed by atoms with van der Waals surface area (Å²) in [5.41, 5.74) is 4.95. The highest BCUT2D eigenvalue weighted by Gasteiger charge is 2.08. The summed E-state index contributed by atoms with van der Waals surface area (Å²) < 4.78 is 10.6. The number of para-hydroxylation sites is 1. The van der Waals surface area contributed by atoms with Crippen molar-refractivity contribution in [2.24, 2.45) is 5.10 Å². The van der Waals surface area contributed by atoms with Crippen molar-refractivity contribution >= 4 is 23.9 Å². The fraction of sp³-hybridized carbons (Fsp3) is 0.130. The van der Waals surface area contributed by atoms with E-state index in [4.69, 9.17) is 9.47 Å². The van der Waals surface area contributed by atoms with E-state index in [2.05, 4.69) is 22.7 Å². The van der Waals surface area contributed by atoms with Crippen LogP contribution in [0, 0.1) is 0 Å². The van der Waals surface area contributed by atoms with Crippen LogP contribution >= 0.6 is 11.8 Å². The Labute approximate surface area is 174 Å². The number of hydrogen-bond donors (Lipinski definition) is 1. The first-order valence-electron chi connectivity index (χ1n) is 9.02. The molecule has 0 bridgehead atoms. The normalized spacial score (nSPS) is 10.7. The number of hydrogen-bond acceptors (Lipinski definition) is 5. The molecule has 0 aliphatic rings. The zero-order valence-electron chi connectivity index (χ0n) is 16.3. The van der Waals surface area contributed by atoms with Gasteiger partial charge in [0.2, 0.25) is 0 Å². The molecular formula is C23H22N2O3S. The first-order chi connectivity index (χ1) is 14.2. The summed E-state index contributed by atoms with van der Waals surface area (Å²) in [6.07, 6.45) is 1.53. The highest BCUT2D eigenvalue weighted by atomic mass is 32.2. The number of hydrazone groups is 1. The van der Waals surface area contributed by atoms with Gasteiger partial charge in [0.15, 0.2) is 11.5 Å². The van der Waals surface area contributed by atoms with Crippen molar-refractivity contribution in [3.63, 3.8) is 0 Å². The van der Waals surface area contributed by atoms with Crippen LogP contribution in [0.2, 0.25) is 0 Å². The molecule has 3 aromatic rings. The van der Waals surface area contributed by atoms with Gasteiger partial charge >= 0.3 is 0 Å². The van der Waals surface area contributed by atoms with Gasteiger partial charge in [-0.3, -0.25) is 4.79 Å². The lowest BCUT2D eigenvalue weighted by atomic mass is 10.1. The minimum absolute atomic E-state index is 0.273. The molecule has 1 N–H and O–H groups in total. The van der Waals surface area contributed by atoms with Crippen molar-refractivity contribution < 1.29 is 14.3 Å². The summed E-state index contributed by atoms with van der Waals surface area (Å²) >= 11 is 1.76. The third-order valence-corrected chi connectivity index (χ3v) is 5.25. The molecule has 148 valence electrons. The van der Waals surface area contributed by atoms with E-state index in [0.717, 1.165) is 11.3 Å². The lowest BCUT2D eigenvalue weighted by Crippen LogP contribution is -2.17. The number of rotatable bonds is 8. The zero-order chi connectivity index (χ0) is 20.5. The van der Waals surface area contributed by atoms with E-state index in [-0.39, 0.29) is 5.91 Å². The molecule has 0 aliphatic heterocycles. The SMILES string of the molecule is COc1cccc(/C=N\NC(=O)c2ccc(CSc3ccccc3)cc2)c1OC. The Bertz CT molecular complexity index is 973. The highest BCUT2D eigenvalue weighted by molar-refractivity contribution is 7.98. The largest absolute Gasteiger partial charge is 0.493 e. The Kier molecular flexibility index (Phi) is 7.30. The highest BCUT2D eigenvalue weighted by Crippen LogP contribution is 2.29. The summed E-state index contributed by atoms with van der Waals surface area (Å²) in [5, 5.41) is 4.04. The third-order valence-electron chi connectivity index (χ3n) is 4.17. The van der Waals surface area contributed by atoms with Crippen LogP contribution in [-0.2, 0) is 5.75 Å². The molecule has 0 aromatic heterocycles. The van der Waals surface area contributed by atoms with Gasteiger partial charge in [-0.05, 0) is 42.0 Å². The summed E-state index contributed by atoms with van der Waals surface area (Å²) in [7, 11) is 3.13. The number of ether oxygens (including phenoxy) is 2. The van der Waals surface area contributed by atoms with Crippen LogP contribution in [0.1, 0.15) is 21.5 Å². The number of nitrogens with one attached hydrogen (secondary N) is 1. The van der Waals surface area contributed by atoms with Gasteiger partial charge in [0.25, 0.3) is 5.91 Å². The second-order valence-electron chi connectivity index (χ2n) is 6.08. The molecule has 0 spiro atoms. The molecule has 3 aromatic carbocycles. The summed E-state index contributed by atoms with van der Waals surface area (Å²) in [6, 6.07) is 23.2. The predicted octanol–water partition coefficient (Wildman–Crippen LogP) is 4.76. The third kappa shape index (κ3) is 5.62. The minimum Gasteiger partial charge on any atom is -0.493 e. The number of thioether (sulfide) groups is 1. The fourth-order valence-electron chi connectivity index (χ4n) is 2.67. The summed E-state index contributed by atoms with van der Waals surface area (Å²) in [6.45, 7) is 0. The van der Waals surface area contributed by atoms with Gasteiger partial charge in [-0.25, -0.2) is 5.43 Å². The molecule has 0 unspecified atom stereocenters.